The molecule has 0 aliphatic heterocycles. The van der Waals surface area contributed by atoms with Crippen molar-refractivity contribution >= 4 is 0 Å². The van der Waals surface area contributed by atoms with Crippen molar-refractivity contribution in [3.05, 3.63) is 147 Å². The van der Waals surface area contributed by atoms with Crippen LogP contribution in [0.3, 0.4) is 0 Å². The molecule has 0 rings (SSSR count). The minimum Gasteiger partial charge on any atom is -0.668 e. The molecule has 0 unspecified atom stereocenters. The van der Waals surface area contributed by atoms with Gasteiger partial charge in [-0.15, -0.1) is 48.3 Å². The molecule has 24 nitrogen and oxygen atoms in total. The van der Waals surface area contributed by atoms with Crippen molar-refractivity contribution in [2.45, 2.75) is 575 Å². The van der Waals surface area contributed by atoms with Crippen molar-refractivity contribution in [2.24, 2.45) is 40.1 Å². The Morgan fingerprint density at radius 3 is 0.247 bits per heavy atom. The predicted octanol–water partition coefficient (Wildman–Crippen LogP) is 42.7. The predicted molar refractivity (Wildman–Crippen MR) is 664 cm³/mol. The first-order chi connectivity index (χ1) is 68.8. The molecule has 0 spiro atoms. The van der Waals surface area contributed by atoms with Gasteiger partial charge in [-0.05, 0) is 0 Å². The SMILES string of the molecule is CC(C)(C)[N]=[Ta].CC(C)(C)[N]=[Ta].CC(C)(C)[N]=[Ta].CC(C)(C)[N]=[Ta].CC(C)(C)[N]=[Ta].CC(C)(C)[N]=[Ta].CC(C)[N-]C(C)C.CC(C)[N-]C(C)C.CC(C)[N]=[Ta].CC(C)[N]=[Ta].CC(C)[N]=[Ta].CC(C)[N]=[Ta].CC(C)[N]=[Ta].CC(C)[N]=[Ta].CC[N-]C.CC[N-]C.CC[N-]C(C)C.CC[N-]C(C)C.CC[N-]CC.CC[N-]CC.C[N-]C.C[N-]C.C[N-]C(C)C.C[N-]C(C)C.[CH2-]C.[CH2-]C.[CH2-]C.[CH2-]C.[CH2-]C.[CH2-]C.[CH2-]C.[CH2-]C.[CH2-]C.[CH2-]C.[CH2-]C.[CH2-]C. The van der Waals surface area contributed by atoms with Gasteiger partial charge in [0.2, 0.25) is 0 Å². The molecule has 0 saturated carbocycles. The van der Waals surface area contributed by atoms with Gasteiger partial charge in [-0.2, -0.15) is 192 Å². The van der Waals surface area contributed by atoms with E-state index in [0.29, 0.717) is 84.6 Å². The maximum atomic E-state index is 4.28. The molecule has 0 radical (unpaired) electrons. The third kappa shape index (κ3) is 1000. The van der Waals surface area contributed by atoms with E-state index in [1.165, 1.54) is 0 Å². The van der Waals surface area contributed by atoms with Crippen LogP contribution in [0.1, 0.15) is 457 Å². The van der Waals surface area contributed by atoms with Gasteiger partial charge >= 0.3 is 568 Å². The molecule has 0 atom stereocenters. The summed E-state index contributed by atoms with van der Waals surface area (Å²) < 4.78 is 48.8. The second kappa shape index (κ2) is 273. The third-order valence-electron chi connectivity index (χ3n) is 8.03. The molecule has 0 N–H and O–H groups in total. The second-order valence-corrected chi connectivity index (χ2v) is 44.6. The normalized spacial score (nSPS) is 8.48. The number of rotatable bonds is 22. The standard InChI is InChI=1S/2C6H14N.2C5H12N.2C4H10N.6C4H9N.2C4H10N.2C3H8N.6C3H7N.2C2H6N.12C2H5.12Ta/c2*1-5(2)7-6(3)4;2*1-4-6-5(2)3;2*1-4(2)5-3;6*1-4(2,3)5;2*1-3-5-4-2;2*1-3-4-2;6*1-3(2)4;2*1-3-2;12*1-2;;;;;;;;;;;;/h2*5-6H,1-4H3;2*5H,4H2,1-3H3;2*4H,1-3H3;6*1-3H3;2*3-4H2,1-2H3;2*3H2,1-2H3;6*3H,1-2H3;2*1-2H3;12*1H2,2H3;;;;;;;;;;;;/q6*-1;;;;;;;4*-1;;;;;;;14*-1;;;;;;;;;;;;. The smallest absolute Gasteiger partial charge is 0.0818 e. The van der Waals surface area contributed by atoms with Crippen molar-refractivity contribution < 1.29 is 251 Å². The van der Waals surface area contributed by atoms with Crippen molar-refractivity contribution in [3.8, 4) is 0 Å². The zero-order valence-corrected chi connectivity index (χ0v) is 154. The Kier molecular flexibility index (Phi) is 474. The Morgan fingerprint density at radius 2 is 0.247 bits per heavy atom. The van der Waals surface area contributed by atoms with Gasteiger partial charge in [0.15, 0.2) is 0 Å². The van der Waals surface area contributed by atoms with Gasteiger partial charge in [0.05, 0.1) is 0 Å². The Bertz CT molecular complexity index is 1640. The van der Waals surface area contributed by atoms with Crippen LogP contribution in [0.15, 0.2) is 40.1 Å². The van der Waals surface area contributed by atoms with Gasteiger partial charge < -0.3 is 147 Å². The van der Waals surface area contributed by atoms with E-state index in [0.717, 1.165) is 303 Å². The molecule has 936 valence electrons. The summed E-state index contributed by atoms with van der Waals surface area (Å²) in [5.74, 6) is 0. The Labute approximate surface area is 1110 Å². The van der Waals surface area contributed by atoms with E-state index < -0.39 is 0 Å². The molecule has 0 saturated heterocycles. The zero-order chi connectivity index (χ0) is 132. The van der Waals surface area contributed by atoms with Crippen LogP contribution in [0, 0.1) is 83.1 Å². The monoisotopic (exact) mass is 4150 g/mol. The molecule has 0 amide bonds. The molecular weight excluding hydrogens is 3880 g/mol. The second-order valence-electron chi connectivity index (χ2n) is 35.3. The first-order valence-corrected chi connectivity index (χ1v) is 70.0. The van der Waals surface area contributed by atoms with Crippen LogP contribution in [0.5, 0.6) is 0 Å². The van der Waals surface area contributed by atoms with E-state index in [4.69, 9.17) is 0 Å². The minimum atomic E-state index is 0.216. The molecule has 36 heteroatoms. The Morgan fingerprint density at radius 1 is 0.173 bits per heavy atom. The van der Waals surface area contributed by atoms with Gasteiger partial charge in [-0.1, -0.05) is 166 Å². The van der Waals surface area contributed by atoms with E-state index in [9.17, 15) is 0 Å². The van der Waals surface area contributed by atoms with Crippen LogP contribution in [0.4, 0.5) is 0 Å². The maximum absolute atomic E-state index is 4.28. The largest absolute Gasteiger partial charge is 0.668 e. The van der Waals surface area contributed by atoms with E-state index in [1.807, 2.05) is 55.6 Å². The molecule has 0 fully saturated rings. The molecule has 0 aliphatic rings. The molecule has 150 heavy (non-hydrogen) atoms. The molecule has 0 aliphatic carbocycles. The van der Waals surface area contributed by atoms with E-state index in [-0.39, 0.29) is 33.2 Å². The fourth-order valence-corrected chi connectivity index (χ4v) is 2.37. The minimum absolute atomic E-state index is 0.216. The number of hydrogen-bond donors (Lipinski definition) is 0. The molecule has 0 heterocycles. The Balaban J connectivity index is -0.0000000264. The van der Waals surface area contributed by atoms with Crippen LogP contribution in [-0.2, 0) is 251 Å². The molecular formula is C114H276N24Ta12-24. The fraction of sp³-hybridized carbons (Fsp3) is 0.895. The number of nitrogens with zero attached hydrogens (tertiary/aromatic N) is 24. The van der Waals surface area contributed by atoms with E-state index in [2.05, 4.69) is 519 Å². The average molecular weight is 4160 g/mol. The average Bonchev–Trinajstić information content (AvgIpc) is 1.05. The van der Waals surface area contributed by atoms with Crippen LogP contribution < -0.4 is 0 Å². The van der Waals surface area contributed by atoms with Crippen molar-refractivity contribution in [2.75, 3.05) is 109 Å². The zero-order valence-electron chi connectivity index (χ0n) is 115. The maximum Gasteiger partial charge on any atom is -0.0818 e. The van der Waals surface area contributed by atoms with Crippen LogP contribution >= 0.6 is 0 Å². The van der Waals surface area contributed by atoms with Crippen LogP contribution in [0.25, 0.3) is 63.8 Å². The summed E-state index contributed by atoms with van der Waals surface area (Å²) in [7, 11) is 14.3. The number of hydrogen-bond acceptors (Lipinski definition) is 12. The van der Waals surface area contributed by atoms with Crippen molar-refractivity contribution in [3.63, 3.8) is 0 Å². The van der Waals surface area contributed by atoms with Gasteiger partial charge in [0, 0.05) is 0 Å². The van der Waals surface area contributed by atoms with Gasteiger partial charge in [0.25, 0.3) is 0 Å². The van der Waals surface area contributed by atoms with Gasteiger partial charge in [-0.25, -0.2) is 0 Å². The summed E-state index contributed by atoms with van der Waals surface area (Å²) in [5.41, 5.74) is 1.30. The summed E-state index contributed by atoms with van der Waals surface area (Å²) in [6.45, 7) is 180. The van der Waals surface area contributed by atoms with Gasteiger partial charge in [0.1, 0.15) is 0 Å². The summed E-state index contributed by atoms with van der Waals surface area (Å²) in [5, 5.41) is 47.0. The summed E-state index contributed by atoms with van der Waals surface area (Å²) in [6, 6.07) is 7.42. The molecule has 0 bridgehead atoms. The fourth-order valence-electron chi connectivity index (χ4n) is 2.37. The summed E-state index contributed by atoms with van der Waals surface area (Å²) in [4.78, 5) is 0. The quantitative estimate of drug-likeness (QED) is 0.0913. The van der Waals surface area contributed by atoms with Crippen molar-refractivity contribution in [1.29, 1.82) is 0 Å². The molecule has 0 aromatic heterocycles. The first kappa shape index (κ1) is 260. The van der Waals surface area contributed by atoms with Gasteiger partial charge in [-0.3, -0.25) is 0 Å². The third-order valence-corrected chi connectivity index (χ3v) is 30.9. The van der Waals surface area contributed by atoms with Crippen LogP contribution in [-0.4, -0.2) is 227 Å². The molecule has 0 aromatic rings. The summed E-state index contributed by atoms with van der Waals surface area (Å²) >= 11 is 13.9. The summed E-state index contributed by atoms with van der Waals surface area (Å²) in [6.07, 6.45) is 0. The van der Waals surface area contributed by atoms with E-state index >= 15 is 0 Å². The van der Waals surface area contributed by atoms with E-state index in [1.54, 1.807) is 125 Å². The molecule has 0 aromatic carbocycles. The Hall–Kier alpha value is 6.00. The van der Waals surface area contributed by atoms with Crippen LogP contribution in [0.2, 0.25) is 0 Å². The topological polar surface area (TPSA) is 318 Å². The van der Waals surface area contributed by atoms with Crippen molar-refractivity contribution in [1.82, 2.24) is 0 Å². The first-order valence-electron chi connectivity index (χ1n) is 52.8.